The number of Topliss-reactive ketones (excluding diaryl/α,β-unsaturated/α-hetero) is 6. The van der Waals surface area contributed by atoms with Crippen molar-refractivity contribution in [1.29, 1.82) is 0 Å². The van der Waals surface area contributed by atoms with E-state index in [-0.39, 0.29) is 77.6 Å². The maximum Gasteiger partial charge on any atom is 0.264 e. The van der Waals surface area contributed by atoms with Crippen molar-refractivity contribution in [2.45, 2.75) is 173 Å². The SMILES string of the molecule is C.CC.CC.CC.CC.CC.CC.CC(=O)c1cn2ccccc2n1.CC(C)C(=O)C1=Nc2ccccc2C1.CC(C)C(=O)c1cn2ncccc2n1.CC(C)C(=O)c1nc2ccccc2[nH]1.CC(C)C(=O)c1nc2ccccc2o1.CC(C)C(=O)c1nc2ccccc2s1. The van der Waals surface area contributed by atoms with E-state index in [0.717, 1.165) is 43.7 Å². The number of hydrogen-bond acceptors (Lipinski definition) is 15. The smallest absolute Gasteiger partial charge is 0.264 e. The number of nitrogens with zero attached hydrogens (tertiary/aromatic N) is 9. The minimum Gasteiger partial charge on any atom is -0.434 e. The molecule has 0 fully saturated rings. The van der Waals surface area contributed by atoms with Crippen LogP contribution in [0.1, 0.15) is 224 Å². The summed E-state index contributed by atoms with van der Waals surface area (Å²) in [6.07, 6.45) is 7.63. The van der Waals surface area contributed by atoms with Crippen LogP contribution in [0.15, 0.2) is 162 Å². The number of para-hydroxylation sites is 6. The molecule has 1 aliphatic rings. The molecule has 512 valence electrons. The number of fused-ring (bicyclic) bond motifs is 6. The van der Waals surface area contributed by atoms with Gasteiger partial charge in [0.2, 0.25) is 11.6 Å². The molecule has 0 atom stereocenters. The zero-order chi connectivity index (χ0) is 71.2. The number of nitrogens with one attached hydrogen (secondary N) is 1. The van der Waals surface area contributed by atoms with Crippen LogP contribution in [-0.4, -0.2) is 84.3 Å². The monoisotopic (exact) mass is 1310 g/mol. The maximum absolute atomic E-state index is 11.7. The van der Waals surface area contributed by atoms with Crippen LogP contribution < -0.4 is 0 Å². The van der Waals surface area contributed by atoms with E-state index in [4.69, 9.17) is 4.42 Å². The highest BCUT2D eigenvalue weighted by molar-refractivity contribution is 7.20. The first kappa shape index (κ1) is 85.7. The molecule has 0 saturated carbocycles. The van der Waals surface area contributed by atoms with Crippen LogP contribution in [0, 0.1) is 29.6 Å². The summed E-state index contributed by atoms with van der Waals surface area (Å²) in [5.74, 6) is 0.962. The van der Waals surface area contributed by atoms with Gasteiger partial charge in [-0.2, -0.15) is 5.10 Å². The van der Waals surface area contributed by atoms with Crippen LogP contribution in [0.3, 0.4) is 0 Å². The molecular formula is C77H106N10O7S. The van der Waals surface area contributed by atoms with E-state index in [9.17, 15) is 28.8 Å². The Morgan fingerprint density at radius 3 is 1.54 bits per heavy atom. The molecular weight excluding hydrogens is 1210 g/mol. The van der Waals surface area contributed by atoms with Crippen molar-refractivity contribution in [3.05, 3.63) is 186 Å². The molecule has 12 rings (SSSR count). The van der Waals surface area contributed by atoms with Crippen molar-refractivity contribution in [1.82, 2.24) is 43.9 Å². The predicted octanol–water partition coefficient (Wildman–Crippen LogP) is 20.6. The van der Waals surface area contributed by atoms with Crippen LogP contribution >= 0.6 is 11.3 Å². The summed E-state index contributed by atoms with van der Waals surface area (Å²) >= 11 is 1.47. The van der Waals surface area contributed by atoms with Gasteiger partial charge in [-0.1, -0.05) is 220 Å². The van der Waals surface area contributed by atoms with Gasteiger partial charge in [-0.05, 0) is 72.3 Å². The molecule has 8 heterocycles. The first-order chi connectivity index (χ1) is 45.2. The number of ketones is 6. The quantitative estimate of drug-likeness (QED) is 0.119. The van der Waals surface area contributed by atoms with Crippen LogP contribution in [0.5, 0.6) is 0 Å². The number of oxazole rings is 1. The zero-order valence-corrected chi connectivity index (χ0v) is 60.6. The fourth-order valence-electron chi connectivity index (χ4n) is 7.75. The molecule has 1 N–H and O–H groups in total. The number of aromatic amines is 1. The number of benzene rings is 4. The fourth-order valence-corrected chi connectivity index (χ4v) is 8.81. The van der Waals surface area contributed by atoms with Crippen LogP contribution in [0.4, 0.5) is 5.69 Å². The number of hydrogen-bond donors (Lipinski definition) is 1. The maximum atomic E-state index is 11.7. The lowest BCUT2D eigenvalue weighted by molar-refractivity contribution is -0.115. The van der Waals surface area contributed by atoms with Gasteiger partial charge in [0.25, 0.3) is 5.89 Å². The molecule has 0 unspecified atom stereocenters. The molecule has 0 bridgehead atoms. The number of aliphatic imine (C=N–C) groups is 1. The third-order valence-electron chi connectivity index (χ3n) is 12.4. The molecule has 95 heavy (non-hydrogen) atoms. The van der Waals surface area contributed by atoms with Gasteiger partial charge in [0, 0.05) is 61.5 Å². The number of H-pyrrole nitrogens is 1. The van der Waals surface area contributed by atoms with Crippen molar-refractivity contribution in [3.63, 3.8) is 0 Å². The van der Waals surface area contributed by atoms with Gasteiger partial charge in [-0.3, -0.25) is 28.8 Å². The highest BCUT2D eigenvalue weighted by Crippen LogP contribution is 2.27. The summed E-state index contributed by atoms with van der Waals surface area (Å²) < 4.78 is 9.85. The number of aromatic nitrogens is 9. The molecule has 0 spiro atoms. The van der Waals surface area contributed by atoms with E-state index in [1.54, 1.807) is 35.2 Å². The molecule has 0 aliphatic carbocycles. The summed E-state index contributed by atoms with van der Waals surface area (Å²) in [4.78, 5) is 97.4. The van der Waals surface area contributed by atoms with Crippen LogP contribution in [0.2, 0.25) is 0 Å². The van der Waals surface area contributed by atoms with E-state index in [2.05, 4.69) is 40.0 Å². The Bertz CT molecular complexity index is 3560. The Labute approximate surface area is 568 Å². The second-order valence-corrected chi connectivity index (χ2v) is 21.7. The lowest BCUT2D eigenvalue weighted by Gasteiger charge is -2.01. The topological polar surface area (TPSA) is 230 Å². The summed E-state index contributed by atoms with van der Waals surface area (Å²) in [6.45, 7) is 44.3. The van der Waals surface area contributed by atoms with Gasteiger partial charge < -0.3 is 13.8 Å². The average molecular weight is 1320 g/mol. The molecule has 1 aliphatic heterocycles. The van der Waals surface area contributed by atoms with Crippen molar-refractivity contribution in [3.8, 4) is 0 Å². The van der Waals surface area contributed by atoms with E-state index < -0.39 is 0 Å². The fraction of sp³-hybridized carbons (Fsp3) is 0.390. The van der Waals surface area contributed by atoms with E-state index in [0.29, 0.717) is 45.6 Å². The van der Waals surface area contributed by atoms with Crippen LogP contribution in [-0.2, 0) is 11.2 Å². The second kappa shape index (κ2) is 45.9. The number of rotatable bonds is 11. The van der Waals surface area contributed by atoms with E-state index >= 15 is 0 Å². The first-order valence-electron chi connectivity index (χ1n) is 33.0. The predicted molar refractivity (Wildman–Crippen MR) is 396 cm³/mol. The highest BCUT2D eigenvalue weighted by atomic mass is 32.1. The van der Waals surface area contributed by atoms with Gasteiger partial charge >= 0.3 is 0 Å². The normalized spacial score (nSPS) is 10.3. The number of pyridine rings is 1. The molecule has 0 saturated heterocycles. The summed E-state index contributed by atoms with van der Waals surface area (Å²) in [6, 6.07) is 40.0. The van der Waals surface area contributed by atoms with Gasteiger partial charge in [0.1, 0.15) is 22.6 Å². The third-order valence-corrected chi connectivity index (χ3v) is 13.4. The third kappa shape index (κ3) is 26.2. The van der Waals surface area contributed by atoms with Crippen molar-refractivity contribution >= 4 is 101 Å². The van der Waals surface area contributed by atoms with Crippen LogP contribution in [0.25, 0.3) is 43.6 Å². The molecule has 11 aromatic rings. The van der Waals surface area contributed by atoms with Gasteiger partial charge in [-0.25, -0.2) is 34.4 Å². The first-order valence-corrected chi connectivity index (χ1v) is 33.8. The minimum atomic E-state index is -0.0805. The molecule has 18 heteroatoms. The molecule has 0 radical (unpaired) electrons. The second-order valence-electron chi connectivity index (χ2n) is 20.6. The number of carbonyl (C=O) groups excluding carboxylic acids is 6. The summed E-state index contributed by atoms with van der Waals surface area (Å²) in [5.41, 5.74) is 9.41. The van der Waals surface area contributed by atoms with Gasteiger partial charge in [-0.15, -0.1) is 11.3 Å². The Hall–Kier alpha value is -9.29. The van der Waals surface area contributed by atoms with E-state index in [1.807, 2.05) is 278 Å². The molecule has 0 amide bonds. The Morgan fingerprint density at radius 2 is 1.00 bits per heavy atom. The minimum absolute atomic E-state index is 0. The largest absolute Gasteiger partial charge is 0.434 e. The van der Waals surface area contributed by atoms with Crippen molar-refractivity contribution < 1.29 is 33.2 Å². The molecule has 4 aromatic carbocycles. The molecule has 17 nitrogen and oxygen atoms in total. The van der Waals surface area contributed by atoms with E-state index in [1.165, 1.54) is 18.3 Å². The Balaban J connectivity index is 0.00000108. The highest BCUT2D eigenvalue weighted by Gasteiger charge is 2.22. The summed E-state index contributed by atoms with van der Waals surface area (Å²) in [7, 11) is 0. The van der Waals surface area contributed by atoms with Gasteiger partial charge in [0.15, 0.2) is 45.2 Å². The average Bonchev–Trinajstić information content (AvgIpc) is 1.77. The number of carbonyl (C=O) groups is 6. The lowest BCUT2D eigenvalue weighted by atomic mass is 10.0. The summed E-state index contributed by atoms with van der Waals surface area (Å²) in [5, 5.41) is 4.67. The van der Waals surface area contributed by atoms with Crippen molar-refractivity contribution in [2.24, 2.45) is 34.6 Å². The Kier molecular flexibility index (Phi) is 41.4. The molecule has 7 aromatic heterocycles. The Morgan fingerprint density at radius 1 is 0.484 bits per heavy atom. The van der Waals surface area contributed by atoms with Crippen molar-refractivity contribution in [2.75, 3.05) is 0 Å². The lowest BCUT2D eigenvalue weighted by Crippen LogP contribution is -2.19. The standard InChI is InChI=1S/C12H13NO.C11H12N2O.C11H11NO2.C11H11NOS.C10H11N3O.C9H8N2O.6C2H6.CH4/c1-8(2)12(14)11-7-9-5-3-4-6-10(9)13-11;1-7(2)10(14)11-12-8-5-3-4-6-9(8)13-11;2*1-7(2)10(13)11-12-8-5-3-4-6-9(8)14-11;1-7(2)10(14)8-6-13-9(12-8)4-3-5-11-13;1-7(12)8-6-11-5-3-2-4-9(11)10-8;6*1-2;/h3-6,8H,7H2,1-2H3;3-7H,1-2H3,(H,12,13);3*3-7H,1-2H3;2-6H,1H3;6*1-2H3;1H4. The number of thiazole rings is 1. The van der Waals surface area contributed by atoms with Gasteiger partial charge in [0.05, 0.1) is 38.8 Å². The zero-order valence-electron chi connectivity index (χ0n) is 59.8. The number of imidazole rings is 3.